The zero-order valence-corrected chi connectivity index (χ0v) is 24.1. The quantitative estimate of drug-likeness (QED) is 0.245. The third-order valence-electron chi connectivity index (χ3n) is 8.87. The van der Waals surface area contributed by atoms with Gasteiger partial charge in [0.2, 0.25) is 0 Å². The van der Waals surface area contributed by atoms with Gasteiger partial charge in [0.25, 0.3) is 0 Å². The molecular weight excluding hydrogens is 542 g/mol. The first-order chi connectivity index (χ1) is 19.4. The van der Waals surface area contributed by atoms with E-state index >= 15 is 4.39 Å². The maximum atomic E-state index is 15.3. The molecule has 2 aromatic carbocycles. The molecule has 0 radical (unpaired) electrons. The minimum Gasteiger partial charge on any atom is -0.430 e. The van der Waals surface area contributed by atoms with Crippen molar-refractivity contribution >= 4 is 0 Å². The second-order valence-electron chi connectivity index (χ2n) is 12.1. The van der Waals surface area contributed by atoms with Gasteiger partial charge in [-0.15, -0.1) is 0 Å². The standard InChI is InChI=1S/C33H42F6O2/c1-3-4-23-7-9-24(10-8-23)11-12-25-13-15-26(16-14-25)28-19-20-29(30(31(28)34)33(37,38)39)41-32(35,36)21-40-27-17-5-22(2)6-18-27/h13-16,19-20,22-24,27H,3-12,17-18,21H2,1-2H3. The van der Waals surface area contributed by atoms with Crippen molar-refractivity contribution in [3.8, 4) is 16.9 Å². The normalized spacial score (nSPS) is 23.9. The fourth-order valence-corrected chi connectivity index (χ4v) is 6.37. The third kappa shape index (κ3) is 8.89. The van der Waals surface area contributed by atoms with Crippen LogP contribution in [0.15, 0.2) is 36.4 Å². The fourth-order valence-electron chi connectivity index (χ4n) is 6.37. The molecule has 2 fully saturated rings. The van der Waals surface area contributed by atoms with E-state index in [1.54, 1.807) is 24.3 Å². The van der Waals surface area contributed by atoms with Crippen molar-refractivity contribution in [2.24, 2.45) is 17.8 Å². The number of halogens is 6. The summed E-state index contributed by atoms with van der Waals surface area (Å²) in [5.74, 6) is -0.885. The zero-order valence-electron chi connectivity index (χ0n) is 24.1. The Kier molecular flexibility index (Phi) is 10.7. The Morgan fingerprint density at radius 3 is 1.98 bits per heavy atom. The Bertz CT molecular complexity index is 1100. The van der Waals surface area contributed by atoms with Crippen LogP contribution in [0.2, 0.25) is 0 Å². The molecule has 0 aromatic heterocycles. The summed E-state index contributed by atoms with van der Waals surface area (Å²) in [7, 11) is 0. The van der Waals surface area contributed by atoms with E-state index in [4.69, 9.17) is 4.74 Å². The van der Waals surface area contributed by atoms with E-state index < -0.39 is 42.1 Å². The van der Waals surface area contributed by atoms with Crippen LogP contribution >= 0.6 is 0 Å². The summed E-state index contributed by atoms with van der Waals surface area (Å²) < 4.78 is 95.8. The van der Waals surface area contributed by atoms with Crippen molar-refractivity contribution in [2.75, 3.05) is 6.61 Å². The van der Waals surface area contributed by atoms with Crippen molar-refractivity contribution in [1.29, 1.82) is 0 Å². The van der Waals surface area contributed by atoms with Crippen molar-refractivity contribution < 1.29 is 35.8 Å². The van der Waals surface area contributed by atoms with Crippen LogP contribution in [0, 0.1) is 23.6 Å². The van der Waals surface area contributed by atoms with Gasteiger partial charge in [-0.1, -0.05) is 76.6 Å². The molecule has 0 atom stereocenters. The van der Waals surface area contributed by atoms with Gasteiger partial charge >= 0.3 is 12.3 Å². The molecule has 2 nitrogen and oxygen atoms in total. The van der Waals surface area contributed by atoms with Gasteiger partial charge in [0.1, 0.15) is 17.1 Å². The Labute approximate surface area is 239 Å². The molecule has 228 valence electrons. The van der Waals surface area contributed by atoms with Crippen molar-refractivity contribution in [3.05, 3.63) is 53.3 Å². The second kappa shape index (κ2) is 13.8. The van der Waals surface area contributed by atoms with Gasteiger partial charge in [0.15, 0.2) is 6.61 Å². The molecule has 0 saturated heterocycles. The Morgan fingerprint density at radius 1 is 0.780 bits per heavy atom. The van der Waals surface area contributed by atoms with Crippen LogP contribution in [-0.4, -0.2) is 18.8 Å². The van der Waals surface area contributed by atoms with E-state index in [0.29, 0.717) is 24.7 Å². The third-order valence-corrected chi connectivity index (χ3v) is 8.87. The van der Waals surface area contributed by atoms with Gasteiger partial charge < -0.3 is 9.47 Å². The van der Waals surface area contributed by atoms with Gasteiger partial charge in [-0.05, 0) is 79.5 Å². The van der Waals surface area contributed by atoms with Crippen molar-refractivity contribution in [2.45, 2.75) is 109 Å². The smallest absolute Gasteiger partial charge is 0.422 e. The van der Waals surface area contributed by atoms with E-state index in [1.807, 2.05) is 0 Å². The minimum atomic E-state index is -5.23. The molecule has 0 bridgehead atoms. The largest absolute Gasteiger partial charge is 0.430 e. The highest BCUT2D eigenvalue weighted by Crippen LogP contribution is 2.43. The topological polar surface area (TPSA) is 18.5 Å². The molecule has 2 aromatic rings. The molecule has 2 saturated carbocycles. The molecule has 8 heteroatoms. The first kappa shape index (κ1) is 31.7. The van der Waals surface area contributed by atoms with E-state index in [1.165, 1.54) is 38.5 Å². The zero-order chi connectivity index (χ0) is 29.6. The number of ether oxygens (including phenoxy) is 2. The minimum absolute atomic E-state index is 0.241. The summed E-state index contributed by atoms with van der Waals surface area (Å²) in [4.78, 5) is 0. The number of hydrogen-bond donors (Lipinski definition) is 0. The molecule has 2 aliphatic rings. The lowest BCUT2D eigenvalue weighted by Gasteiger charge is -2.28. The number of alkyl halides is 5. The lowest BCUT2D eigenvalue weighted by molar-refractivity contribution is -0.225. The molecule has 0 amide bonds. The van der Waals surface area contributed by atoms with Gasteiger partial charge in [-0.25, -0.2) is 4.39 Å². The SMILES string of the molecule is CCCC1CCC(CCc2ccc(-c3ccc(OC(F)(F)COC4CCC(C)CC4)c(C(F)(F)F)c3F)cc2)CC1. The highest BCUT2D eigenvalue weighted by atomic mass is 19.4. The molecule has 4 rings (SSSR count). The van der Waals surface area contributed by atoms with Crippen LogP contribution in [0.5, 0.6) is 5.75 Å². The number of rotatable bonds is 11. The summed E-state index contributed by atoms with van der Waals surface area (Å²) in [6, 6.07) is 8.59. The Hall–Kier alpha value is -2.22. The van der Waals surface area contributed by atoms with Crippen LogP contribution in [0.25, 0.3) is 11.1 Å². The summed E-state index contributed by atoms with van der Waals surface area (Å²) >= 11 is 0. The molecule has 0 unspecified atom stereocenters. The van der Waals surface area contributed by atoms with Crippen LogP contribution in [0.3, 0.4) is 0 Å². The summed E-state index contributed by atoms with van der Waals surface area (Å²) in [5.41, 5.74) is -0.886. The first-order valence-electron chi connectivity index (χ1n) is 15.1. The highest BCUT2D eigenvalue weighted by Gasteiger charge is 2.43. The first-order valence-corrected chi connectivity index (χ1v) is 15.1. The highest BCUT2D eigenvalue weighted by molar-refractivity contribution is 5.67. The Morgan fingerprint density at radius 2 is 1.39 bits per heavy atom. The molecule has 41 heavy (non-hydrogen) atoms. The molecule has 2 aliphatic carbocycles. The second-order valence-corrected chi connectivity index (χ2v) is 12.1. The molecular formula is C33H42F6O2. The molecule has 0 spiro atoms. The van der Waals surface area contributed by atoms with Crippen LogP contribution in [0.4, 0.5) is 26.3 Å². The monoisotopic (exact) mass is 584 g/mol. The lowest BCUT2D eigenvalue weighted by Crippen LogP contribution is -2.35. The van der Waals surface area contributed by atoms with Crippen molar-refractivity contribution in [1.82, 2.24) is 0 Å². The van der Waals surface area contributed by atoms with E-state index in [2.05, 4.69) is 18.6 Å². The number of hydrogen-bond acceptors (Lipinski definition) is 2. The summed E-state index contributed by atoms with van der Waals surface area (Å²) in [5, 5.41) is 0. The predicted octanol–water partition coefficient (Wildman–Crippen LogP) is 10.6. The molecule has 0 N–H and O–H groups in total. The maximum Gasteiger partial charge on any atom is 0.422 e. The van der Waals surface area contributed by atoms with E-state index in [9.17, 15) is 22.0 Å². The molecule has 0 aliphatic heterocycles. The average molecular weight is 585 g/mol. The van der Waals surface area contributed by atoms with Crippen LogP contribution in [0.1, 0.15) is 95.6 Å². The van der Waals surface area contributed by atoms with Gasteiger partial charge in [-0.3, -0.25) is 0 Å². The van der Waals surface area contributed by atoms with Crippen molar-refractivity contribution in [3.63, 3.8) is 0 Å². The predicted molar refractivity (Wildman–Crippen MR) is 148 cm³/mol. The average Bonchev–Trinajstić information content (AvgIpc) is 2.92. The van der Waals surface area contributed by atoms with Gasteiger partial charge in [0.05, 0.1) is 6.10 Å². The van der Waals surface area contributed by atoms with E-state index in [-0.39, 0.29) is 11.1 Å². The molecule has 0 heterocycles. The maximum absolute atomic E-state index is 15.3. The van der Waals surface area contributed by atoms with Crippen LogP contribution in [-0.2, 0) is 17.3 Å². The lowest BCUT2D eigenvalue weighted by atomic mass is 9.78. The van der Waals surface area contributed by atoms with Crippen LogP contribution < -0.4 is 4.74 Å². The number of aryl methyl sites for hydroxylation is 1. The fraction of sp³-hybridized carbons (Fsp3) is 0.636. The Balaban J connectivity index is 1.41. The van der Waals surface area contributed by atoms with E-state index in [0.717, 1.165) is 49.3 Å². The van der Waals surface area contributed by atoms with Gasteiger partial charge in [-0.2, -0.15) is 22.0 Å². The summed E-state index contributed by atoms with van der Waals surface area (Å²) in [6.07, 6.45) is 2.63. The number of benzene rings is 2. The van der Waals surface area contributed by atoms with Gasteiger partial charge in [0, 0.05) is 5.56 Å². The summed E-state index contributed by atoms with van der Waals surface area (Å²) in [6.45, 7) is 3.09.